The molecule has 0 aliphatic carbocycles. The summed E-state index contributed by atoms with van der Waals surface area (Å²) in [6, 6.07) is 20.6. The van der Waals surface area contributed by atoms with E-state index in [1.54, 1.807) is 0 Å². The van der Waals surface area contributed by atoms with E-state index in [0.717, 1.165) is 87.9 Å². The van der Waals surface area contributed by atoms with Crippen molar-refractivity contribution in [3.05, 3.63) is 100 Å². The van der Waals surface area contributed by atoms with E-state index >= 15 is 0 Å². The zero-order chi connectivity index (χ0) is 30.4. The van der Waals surface area contributed by atoms with Crippen molar-refractivity contribution in [3.63, 3.8) is 0 Å². The van der Waals surface area contributed by atoms with Crippen molar-refractivity contribution in [2.75, 3.05) is 13.1 Å². The van der Waals surface area contributed by atoms with Gasteiger partial charge in [-0.25, -0.2) is 0 Å². The molecule has 6 heteroatoms. The van der Waals surface area contributed by atoms with Crippen molar-refractivity contribution in [2.45, 2.75) is 90.8 Å². The van der Waals surface area contributed by atoms with Gasteiger partial charge < -0.3 is 10.1 Å². The van der Waals surface area contributed by atoms with E-state index in [2.05, 4.69) is 59.4 Å². The largest absolute Gasteiger partial charge is 0.490 e. The van der Waals surface area contributed by atoms with Crippen LogP contribution in [0.1, 0.15) is 86.6 Å². The van der Waals surface area contributed by atoms with Crippen LogP contribution in [0.5, 0.6) is 5.75 Å². The number of nitrogens with one attached hydrogen (secondary N) is 1. The number of nitriles is 1. The standard InChI is InChI=1S/C37H46N4O2/c1-4-7-34(9-6-5-8-30-16-20-39-21-17-30)40-37(42)29(3)24-33-25-36(15-10-28(33)2)43-35-18-22-41(23-19-35)27-32-13-11-31(26-38)12-14-32/h10-17,20-21,24-25,34-35H,4-9,18-19,22-23,27H2,1-3H3,(H,40,42)/b29-24+. The first-order valence-corrected chi connectivity index (χ1v) is 15.8. The van der Waals surface area contributed by atoms with Gasteiger partial charge in [-0.1, -0.05) is 38.0 Å². The van der Waals surface area contributed by atoms with Crippen LogP contribution in [-0.2, 0) is 17.8 Å². The van der Waals surface area contributed by atoms with Gasteiger partial charge in [-0.3, -0.25) is 14.7 Å². The summed E-state index contributed by atoms with van der Waals surface area (Å²) in [6.07, 6.45) is 14.1. The predicted molar refractivity (Wildman–Crippen MR) is 174 cm³/mol. The van der Waals surface area contributed by atoms with Crippen molar-refractivity contribution < 1.29 is 9.53 Å². The summed E-state index contributed by atoms with van der Waals surface area (Å²) in [5.41, 5.74) is 6.11. The molecule has 1 unspecified atom stereocenters. The fraction of sp³-hybridized carbons (Fsp3) is 0.432. The summed E-state index contributed by atoms with van der Waals surface area (Å²) < 4.78 is 6.41. The second kappa shape index (κ2) is 16.6. The molecule has 0 radical (unpaired) electrons. The Morgan fingerprint density at radius 1 is 1.07 bits per heavy atom. The third-order valence-corrected chi connectivity index (χ3v) is 8.30. The van der Waals surface area contributed by atoms with Gasteiger partial charge in [0.2, 0.25) is 5.91 Å². The Bertz CT molecular complexity index is 1370. The Morgan fingerprint density at radius 3 is 2.51 bits per heavy atom. The highest BCUT2D eigenvalue weighted by Gasteiger charge is 2.21. The maximum absolute atomic E-state index is 13.2. The number of carbonyl (C=O) groups is 1. The van der Waals surface area contributed by atoms with Crippen molar-refractivity contribution in [2.24, 2.45) is 0 Å². The van der Waals surface area contributed by atoms with Crippen molar-refractivity contribution in [1.82, 2.24) is 15.2 Å². The van der Waals surface area contributed by atoms with Gasteiger partial charge in [-0.2, -0.15) is 5.26 Å². The molecule has 1 amide bonds. The highest BCUT2D eigenvalue weighted by molar-refractivity contribution is 5.97. The average molecular weight is 579 g/mol. The van der Waals surface area contributed by atoms with Crippen molar-refractivity contribution >= 4 is 12.0 Å². The summed E-state index contributed by atoms with van der Waals surface area (Å²) in [5.74, 6) is 0.863. The summed E-state index contributed by atoms with van der Waals surface area (Å²) in [7, 11) is 0. The zero-order valence-corrected chi connectivity index (χ0v) is 26.0. The van der Waals surface area contributed by atoms with Crippen LogP contribution < -0.4 is 10.1 Å². The first-order chi connectivity index (χ1) is 20.9. The molecule has 4 rings (SSSR count). The monoisotopic (exact) mass is 578 g/mol. The molecule has 2 aromatic carbocycles. The first-order valence-electron chi connectivity index (χ1n) is 15.8. The minimum absolute atomic E-state index is 0.00735. The number of carbonyl (C=O) groups excluding carboxylic acids is 1. The number of aryl methyl sites for hydroxylation is 2. The fourth-order valence-corrected chi connectivity index (χ4v) is 5.67. The summed E-state index contributed by atoms with van der Waals surface area (Å²) in [4.78, 5) is 19.7. The number of amides is 1. The molecule has 1 aromatic heterocycles. The smallest absolute Gasteiger partial charge is 0.247 e. The second-order valence-corrected chi connectivity index (χ2v) is 11.8. The van der Waals surface area contributed by atoms with Crippen LogP contribution in [0.25, 0.3) is 6.08 Å². The molecule has 6 nitrogen and oxygen atoms in total. The Labute approximate surface area is 257 Å². The third-order valence-electron chi connectivity index (χ3n) is 8.30. The minimum Gasteiger partial charge on any atom is -0.490 e. The van der Waals surface area contributed by atoms with Crippen molar-refractivity contribution in [1.29, 1.82) is 5.26 Å². The van der Waals surface area contributed by atoms with Gasteiger partial charge in [-0.15, -0.1) is 0 Å². The second-order valence-electron chi connectivity index (χ2n) is 11.8. The number of unbranched alkanes of at least 4 members (excludes halogenated alkanes) is 1. The van der Waals surface area contributed by atoms with E-state index < -0.39 is 0 Å². The van der Waals surface area contributed by atoms with Gasteiger partial charge in [0.15, 0.2) is 0 Å². The number of ether oxygens (including phenoxy) is 1. The number of nitrogens with zero attached hydrogens (tertiary/aromatic N) is 3. The molecule has 1 atom stereocenters. The molecule has 1 aliphatic heterocycles. The highest BCUT2D eigenvalue weighted by Crippen LogP contribution is 2.24. The molecule has 2 heterocycles. The molecular formula is C37H46N4O2. The topological polar surface area (TPSA) is 78.2 Å². The number of rotatable bonds is 14. The van der Waals surface area contributed by atoms with Crippen LogP contribution in [0.2, 0.25) is 0 Å². The van der Waals surface area contributed by atoms with Gasteiger partial charge in [0.05, 0.1) is 11.6 Å². The van der Waals surface area contributed by atoms with Crippen molar-refractivity contribution in [3.8, 4) is 11.8 Å². The number of hydrogen-bond donors (Lipinski definition) is 1. The predicted octanol–water partition coefficient (Wildman–Crippen LogP) is 7.41. The van der Waals surface area contributed by atoms with Crippen LogP contribution in [0.4, 0.5) is 0 Å². The van der Waals surface area contributed by atoms with E-state index in [-0.39, 0.29) is 18.1 Å². The summed E-state index contributed by atoms with van der Waals surface area (Å²) >= 11 is 0. The van der Waals surface area contributed by atoms with Crippen LogP contribution in [0, 0.1) is 18.3 Å². The molecular weight excluding hydrogens is 532 g/mol. The molecule has 0 spiro atoms. The Hall–Kier alpha value is -3.95. The van der Waals surface area contributed by atoms with E-state index in [4.69, 9.17) is 10.00 Å². The highest BCUT2D eigenvalue weighted by atomic mass is 16.5. The Kier molecular flexibility index (Phi) is 12.4. The number of benzene rings is 2. The first kappa shape index (κ1) is 32.0. The van der Waals surface area contributed by atoms with Gasteiger partial charge in [0, 0.05) is 43.6 Å². The number of aromatic nitrogens is 1. The molecule has 43 heavy (non-hydrogen) atoms. The maximum Gasteiger partial charge on any atom is 0.247 e. The fourth-order valence-electron chi connectivity index (χ4n) is 5.67. The average Bonchev–Trinajstić information content (AvgIpc) is 3.02. The van der Waals surface area contributed by atoms with E-state index in [1.807, 2.05) is 55.7 Å². The molecule has 1 N–H and O–H groups in total. The van der Waals surface area contributed by atoms with E-state index in [1.165, 1.54) is 11.1 Å². The number of likely N-dealkylation sites (tertiary alicyclic amines) is 1. The lowest BCUT2D eigenvalue weighted by Crippen LogP contribution is -2.37. The molecule has 1 fully saturated rings. The molecule has 1 aliphatic rings. The lowest BCUT2D eigenvalue weighted by Gasteiger charge is -2.32. The van der Waals surface area contributed by atoms with Gasteiger partial charge >= 0.3 is 0 Å². The van der Waals surface area contributed by atoms with E-state index in [0.29, 0.717) is 11.1 Å². The normalized spacial score (nSPS) is 15.1. The quantitative estimate of drug-likeness (QED) is 0.159. The summed E-state index contributed by atoms with van der Waals surface area (Å²) in [6.45, 7) is 9.00. The number of pyridine rings is 1. The zero-order valence-electron chi connectivity index (χ0n) is 26.0. The van der Waals surface area contributed by atoms with Gasteiger partial charge in [0.1, 0.15) is 11.9 Å². The lowest BCUT2D eigenvalue weighted by molar-refractivity contribution is -0.118. The molecule has 1 saturated heterocycles. The number of hydrogen-bond acceptors (Lipinski definition) is 5. The third kappa shape index (κ3) is 10.4. The Morgan fingerprint density at radius 2 is 1.81 bits per heavy atom. The molecule has 0 saturated carbocycles. The molecule has 226 valence electrons. The van der Waals surface area contributed by atoms with Crippen LogP contribution >= 0.6 is 0 Å². The number of piperidine rings is 1. The van der Waals surface area contributed by atoms with Gasteiger partial charge in [-0.05, 0) is 117 Å². The molecule has 0 bridgehead atoms. The lowest BCUT2D eigenvalue weighted by atomic mass is 10.0. The van der Waals surface area contributed by atoms with Gasteiger partial charge in [0.25, 0.3) is 0 Å². The molecule has 3 aromatic rings. The van der Waals surface area contributed by atoms with E-state index in [9.17, 15) is 4.79 Å². The SMILES string of the molecule is CCCC(CCCCc1ccncc1)NC(=O)/C(C)=C/c1cc(OC2CCN(Cc3ccc(C#N)cc3)CC2)ccc1C. The minimum atomic E-state index is 0.00735. The maximum atomic E-state index is 13.2. The Balaban J connectivity index is 1.26. The summed E-state index contributed by atoms with van der Waals surface area (Å²) in [5, 5.41) is 12.3. The van der Waals surface area contributed by atoms with Crippen LogP contribution in [-0.4, -0.2) is 41.0 Å². The van der Waals surface area contributed by atoms with Crippen LogP contribution in [0.3, 0.4) is 0 Å². The van der Waals surface area contributed by atoms with Crippen LogP contribution in [0.15, 0.2) is 72.6 Å².